The molecule has 0 bridgehead atoms. The quantitative estimate of drug-likeness (QED) is 0.483. The minimum atomic E-state index is -0.367. The third-order valence-electron chi connectivity index (χ3n) is 1.31. The molecule has 1 aromatic rings. The molecule has 0 amide bonds. The molecule has 0 unspecified atom stereocenters. The Bertz CT molecular complexity index is 371. The van der Waals surface area contributed by atoms with Crippen LogP contribution in [0.15, 0.2) is 27.5 Å². The van der Waals surface area contributed by atoms with E-state index in [2.05, 4.69) is 25.7 Å². The van der Waals surface area contributed by atoms with Crippen LogP contribution in [0.25, 0.3) is 6.08 Å². The maximum atomic E-state index is 10.7. The number of rotatable bonds is 3. The molecule has 5 heteroatoms. The smallest absolute Gasteiger partial charge is 0.330 e. The van der Waals surface area contributed by atoms with E-state index in [9.17, 15) is 4.79 Å². The number of thiazole rings is 1. The monoisotopic (exact) mass is 273 g/mol. The first-order chi connectivity index (χ1) is 6.72. The lowest BCUT2D eigenvalue weighted by atomic mass is 10.4. The minimum Gasteiger partial charge on any atom is -0.466 e. The van der Waals surface area contributed by atoms with Crippen LogP contribution in [0.4, 0.5) is 0 Å². The van der Waals surface area contributed by atoms with Crippen LogP contribution >= 0.6 is 27.3 Å². The van der Waals surface area contributed by atoms with Crippen LogP contribution in [0.5, 0.6) is 0 Å². The van der Waals surface area contributed by atoms with Gasteiger partial charge in [-0.3, -0.25) is 0 Å². The van der Waals surface area contributed by atoms with Crippen molar-refractivity contribution < 1.29 is 9.53 Å². The van der Waals surface area contributed by atoms with E-state index in [0.717, 1.165) is 9.61 Å². The summed E-state index contributed by atoms with van der Waals surface area (Å²) in [6.07, 6.45) is 6.50. The summed E-state index contributed by atoms with van der Waals surface area (Å²) in [5.41, 5.74) is 0.858. The molecule has 0 aliphatic carbocycles. The highest BCUT2D eigenvalue weighted by atomic mass is 79.9. The van der Waals surface area contributed by atoms with Crippen molar-refractivity contribution in [1.29, 1.82) is 0 Å². The topological polar surface area (TPSA) is 39.2 Å². The number of carbonyl (C=O) groups is 1. The molecule has 0 aliphatic heterocycles. The molecule has 0 aromatic carbocycles. The lowest BCUT2D eigenvalue weighted by Crippen LogP contribution is -1.92. The summed E-state index contributed by atoms with van der Waals surface area (Å²) in [7, 11) is 1.34. The third kappa shape index (κ3) is 3.85. The second kappa shape index (κ2) is 5.72. The molecule has 74 valence electrons. The van der Waals surface area contributed by atoms with Gasteiger partial charge in [-0.15, -0.1) is 11.3 Å². The van der Waals surface area contributed by atoms with E-state index in [-0.39, 0.29) is 5.97 Å². The third-order valence-corrected chi connectivity index (χ3v) is 2.69. The lowest BCUT2D eigenvalue weighted by molar-refractivity contribution is -0.134. The van der Waals surface area contributed by atoms with E-state index in [0.29, 0.717) is 0 Å². The predicted octanol–water partition coefficient (Wildman–Crippen LogP) is 2.65. The van der Waals surface area contributed by atoms with Gasteiger partial charge >= 0.3 is 5.97 Å². The average Bonchev–Trinajstić information content (AvgIpc) is 2.58. The van der Waals surface area contributed by atoms with Crippen molar-refractivity contribution in [1.82, 2.24) is 4.98 Å². The van der Waals surface area contributed by atoms with Gasteiger partial charge in [-0.1, -0.05) is 12.2 Å². The average molecular weight is 274 g/mol. The van der Waals surface area contributed by atoms with Gasteiger partial charge in [0.25, 0.3) is 0 Å². The van der Waals surface area contributed by atoms with Gasteiger partial charge in [-0.25, -0.2) is 9.78 Å². The van der Waals surface area contributed by atoms with Crippen LogP contribution in [0, 0.1) is 0 Å². The molecular weight excluding hydrogens is 266 g/mol. The largest absolute Gasteiger partial charge is 0.466 e. The number of nitrogens with zero attached hydrogens (tertiary/aromatic N) is 1. The van der Waals surface area contributed by atoms with Gasteiger partial charge in [0.1, 0.15) is 0 Å². The van der Waals surface area contributed by atoms with Crippen LogP contribution in [-0.2, 0) is 9.53 Å². The van der Waals surface area contributed by atoms with Crippen molar-refractivity contribution in [3.8, 4) is 0 Å². The van der Waals surface area contributed by atoms with Gasteiger partial charge in [0.2, 0.25) is 0 Å². The van der Waals surface area contributed by atoms with Crippen molar-refractivity contribution in [3.05, 3.63) is 33.2 Å². The Labute approximate surface area is 94.2 Å². The number of allylic oxidation sites excluding steroid dienone is 2. The van der Waals surface area contributed by atoms with Crippen LogP contribution < -0.4 is 0 Å². The number of aromatic nitrogens is 1. The van der Waals surface area contributed by atoms with Gasteiger partial charge in [0, 0.05) is 11.5 Å². The first kappa shape index (κ1) is 11.1. The van der Waals surface area contributed by atoms with Crippen molar-refractivity contribution in [2.24, 2.45) is 0 Å². The Morgan fingerprint density at radius 3 is 3.00 bits per heavy atom. The molecule has 0 radical (unpaired) electrons. The van der Waals surface area contributed by atoms with Crippen LogP contribution in [0.3, 0.4) is 0 Å². The van der Waals surface area contributed by atoms with Crippen molar-refractivity contribution in [3.63, 3.8) is 0 Å². The van der Waals surface area contributed by atoms with Crippen molar-refractivity contribution in [2.75, 3.05) is 7.11 Å². The highest BCUT2D eigenvalue weighted by Crippen LogP contribution is 2.16. The Morgan fingerprint density at radius 1 is 1.64 bits per heavy atom. The summed E-state index contributed by atoms with van der Waals surface area (Å²) in [5, 5.41) is 1.91. The zero-order valence-corrected chi connectivity index (χ0v) is 9.84. The standard InChI is InChI=1S/C9H8BrNO2S/c1-13-8(12)5-3-2-4-7-6-14-9(10)11-7/h2-6H,1H3/b4-2+,5-3+. The van der Waals surface area contributed by atoms with E-state index in [1.54, 1.807) is 18.2 Å². The highest BCUT2D eigenvalue weighted by molar-refractivity contribution is 9.11. The SMILES string of the molecule is COC(=O)/C=C/C=C/c1csc(Br)n1. The summed E-state index contributed by atoms with van der Waals surface area (Å²) >= 11 is 4.77. The Kier molecular flexibility index (Phi) is 4.55. The van der Waals surface area contributed by atoms with Crippen LogP contribution in [0.1, 0.15) is 5.69 Å². The molecule has 0 N–H and O–H groups in total. The van der Waals surface area contributed by atoms with Crippen LogP contribution in [-0.4, -0.2) is 18.1 Å². The second-order valence-electron chi connectivity index (χ2n) is 2.27. The van der Waals surface area contributed by atoms with E-state index >= 15 is 0 Å². The van der Waals surface area contributed by atoms with E-state index in [1.165, 1.54) is 24.5 Å². The molecule has 0 fully saturated rings. The molecule has 3 nitrogen and oxygen atoms in total. The van der Waals surface area contributed by atoms with Gasteiger partial charge in [0.15, 0.2) is 3.92 Å². The van der Waals surface area contributed by atoms with Crippen LogP contribution in [0.2, 0.25) is 0 Å². The van der Waals surface area contributed by atoms with E-state index in [4.69, 9.17) is 0 Å². The number of hydrogen-bond donors (Lipinski definition) is 0. The lowest BCUT2D eigenvalue weighted by Gasteiger charge is -1.86. The normalized spacial score (nSPS) is 11.3. The summed E-state index contributed by atoms with van der Waals surface area (Å²) in [6, 6.07) is 0. The second-order valence-corrected chi connectivity index (χ2v) is 4.40. The van der Waals surface area contributed by atoms with E-state index in [1.807, 2.05) is 5.38 Å². The number of methoxy groups -OCH3 is 1. The van der Waals surface area contributed by atoms with Gasteiger partial charge in [-0.05, 0) is 22.0 Å². The molecule has 1 aromatic heterocycles. The maximum absolute atomic E-state index is 10.7. The maximum Gasteiger partial charge on any atom is 0.330 e. The van der Waals surface area contributed by atoms with Gasteiger partial charge < -0.3 is 4.74 Å². The zero-order chi connectivity index (χ0) is 10.4. The molecule has 14 heavy (non-hydrogen) atoms. The molecule has 0 saturated heterocycles. The molecule has 1 heterocycles. The number of hydrogen-bond acceptors (Lipinski definition) is 4. The molecule has 0 aliphatic rings. The molecular formula is C9H8BrNO2S. The Balaban J connectivity index is 2.49. The summed E-state index contributed by atoms with van der Waals surface area (Å²) in [4.78, 5) is 14.8. The first-order valence-electron chi connectivity index (χ1n) is 3.76. The molecule has 1 rings (SSSR count). The summed E-state index contributed by atoms with van der Waals surface area (Å²) in [5.74, 6) is -0.367. The number of carbonyl (C=O) groups excluding carboxylic acids is 1. The predicted molar refractivity (Wildman–Crippen MR) is 60.0 cm³/mol. The van der Waals surface area contributed by atoms with Crippen molar-refractivity contribution in [2.45, 2.75) is 0 Å². The Morgan fingerprint density at radius 2 is 2.43 bits per heavy atom. The fourth-order valence-corrected chi connectivity index (χ4v) is 1.69. The molecule has 0 spiro atoms. The fourth-order valence-electron chi connectivity index (χ4n) is 0.696. The molecule has 0 saturated carbocycles. The molecule has 0 atom stereocenters. The summed E-state index contributed by atoms with van der Waals surface area (Å²) < 4.78 is 5.27. The highest BCUT2D eigenvalue weighted by Gasteiger charge is 1.92. The summed E-state index contributed by atoms with van der Waals surface area (Å²) in [6.45, 7) is 0. The Hall–Kier alpha value is -0.940. The zero-order valence-electron chi connectivity index (χ0n) is 7.44. The fraction of sp³-hybridized carbons (Fsp3) is 0.111. The minimum absolute atomic E-state index is 0.367. The number of esters is 1. The number of halogens is 1. The first-order valence-corrected chi connectivity index (χ1v) is 5.43. The number of ether oxygens (including phenoxy) is 1. The van der Waals surface area contributed by atoms with Gasteiger partial charge in [0.05, 0.1) is 12.8 Å². The van der Waals surface area contributed by atoms with E-state index < -0.39 is 0 Å². The van der Waals surface area contributed by atoms with Gasteiger partial charge in [-0.2, -0.15) is 0 Å². The van der Waals surface area contributed by atoms with Crippen molar-refractivity contribution >= 4 is 39.3 Å².